The molecule has 0 radical (unpaired) electrons. The van der Waals surface area contributed by atoms with E-state index in [1.54, 1.807) is 13.0 Å². The Kier molecular flexibility index (Phi) is 3.01. The molecule has 2 N–H and O–H groups in total. The maximum Gasteiger partial charge on any atom is 0.290 e. The molecule has 15 heavy (non-hydrogen) atoms. The van der Waals surface area contributed by atoms with Gasteiger partial charge in [0.2, 0.25) is 5.76 Å². The van der Waals surface area contributed by atoms with E-state index >= 15 is 0 Å². The lowest BCUT2D eigenvalue weighted by Gasteiger charge is -2.23. The summed E-state index contributed by atoms with van der Waals surface area (Å²) in [7, 11) is 0. The summed E-state index contributed by atoms with van der Waals surface area (Å²) in [4.78, 5) is 11.7. The topological polar surface area (TPSA) is 67.2 Å². The molecule has 1 aliphatic heterocycles. The second kappa shape index (κ2) is 4.44. The number of aryl methyl sites for hydroxylation is 1. The van der Waals surface area contributed by atoms with Crippen molar-refractivity contribution in [2.45, 2.75) is 25.8 Å². The second-order valence-corrected chi connectivity index (χ2v) is 3.85. The fraction of sp³-hybridized carbons (Fsp3) is 0.600. The van der Waals surface area contributed by atoms with E-state index in [4.69, 9.17) is 4.52 Å². The van der Waals surface area contributed by atoms with E-state index in [0.29, 0.717) is 0 Å². The third-order valence-corrected chi connectivity index (χ3v) is 2.48. The molecular formula is C10H15N3O2. The Hall–Kier alpha value is -1.36. The van der Waals surface area contributed by atoms with Crippen LogP contribution in [0.1, 0.15) is 29.1 Å². The SMILES string of the molecule is Cc1cc(C(=O)NC2CCCNC2)on1. The summed E-state index contributed by atoms with van der Waals surface area (Å²) in [6, 6.07) is 1.85. The fourth-order valence-corrected chi connectivity index (χ4v) is 1.70. The van der Waals surface area contributed by atoms with E-state index in [2.05, 4.69) is 15.8 Å². The van der Waals surface area contributed by atoms with Gasteiger partial charge in [0.15, 0.2) is 0 Å². The van der Waals surface area contributed by atoms with Gasteiger partial charge >= 0.3 is 0 Å². The molecule has 0 aromatic carbocycles. The maximum atomic E-state index is 11.7. The molecule has 1 unspecified atom stereocenters. The molecule has 2 rings (SSSR count). The van der Waals surface area contributed by atoms with Gasteiger partial charge in [-0.05, 0) is 26.3 Å². The fourth-order valence-electron chi connectivity index (χ4n) is 1.70. The summed E-state index contributed by atoms with van der Waals surface area (Å²) in [5.41, 5.74) is 0.724. The van der Waals surface area contributed by atoms with Gasteiger partial charge in [-0.3, -0.25) is 4.79 Å². The number of nitrogens with zero attached hydrogens (tertiary/aromatic N) is 1. The van der Waals surface area contributed by atoms with Crippen molar-refractivity contribution in [2.75, 3.05) is 13.1 Å². The van der Waals surface area contributed by atoms with Gasteiger partial charge in [-0.2, -0.15) is 0 Å². The van der Waals surface area contributed by atoms with Gasteiger partial charge in [-0.25, -0.2) is 0 Å². The molecular weight excluding hydrogens is 194 g/mol. The van der Waals surface area contributed by atoms with E-state index in [0.717, 1.165) is 31.6 Å². The minimum Gasteiger partial charge on any atom is -0.351 e. The number of hydrogen-bond donors (Lipinski definition) is 2. The third-order valence-electron chi connectivity index (χ3n) is 2.48. The number of amides is 1. The maximum absolute atomic E-state index is 11.7. The minimum absolute atomic E-state index is 0.177. The molecule has 0 spiro atoms. The van der Waals surface area contributed by atoms with Crippen LogP contribution in [0, 0.1) is 6.92 Å². The highest BCUT2D eigenvalue weighted by molar-refractivity contribution is 5.91. The zero-order valence-electron chi connectivity index (χ0n) is 8.75. The summed E-state index contributed by atoms with van der Waals surface area (Å²) < 4.78 is 4.89. The van der Waals surface area contributed by atoms with E-state index in [1.807, 2.05) is 0 Å². The third kappa shape index (κ3) is 2.56. The number of carbonyl (C=O) groups excluding carboxylic acids is 1. The monoisotopic (exact) mass is 209 g/mol. The summed E-state index contributed by atoms with van der Waals surface area (Å²) in [5, 5.41) is 9.83. The van der Waals surface area contributed by atoms with Crippen LogP contribution in [-0.2, 0) is 0 Å². The summed E-state index contributed by atoms with van der Waals surface area (Å²) >= 11 is 0. The van der Waals surface area contributed by atoms with Crippen molar-refractivity contribution in [1.29, 1.82) is 0 Å². The summed E-state index contributed by atoms with van der Waals surface area (Å²) in [6.07, 6.45) is 2.12. The van der Waals surface area contributed by atoms with Crippen molar-refractivity contribution in [1.82, 2.24) is 15.8 Å². The van der Waals surface area contributed by atoms with Crippen LogP contribution >= 0.6 is 0 Å². The highest BCUT2D eigenvalue weighted by Gasteiger charge is 2.18. The lowest BCUT2D eigenvalue weighted by molar-refractivity contribution is 0.0893. The number of rotatable bonds is 2. The first-order valence-corrected chi connectivity index (χ1v) is 5.20. The van der Waals surface area contributed by atoms with Crippen molar-refractivity contribution in [3.63, 3.8) is 0 Å². The van der Waals surface area contributed by atoms with E-state index in [-0.39, 0.29) is 17.7 Å². The molecule has 0 aliphatic carbocycles. The van der Waals surface area contributed by atoms with Crippen LogP contribution in [0.5, 0.6) is 0 Å². The van der Waals surface area contributed by atoms with Gasteiger partial charge < -0.3 is 15.2 Å². The highest BCUT2D eigenvalue weighted by Crippen LogP contribution is 2.05. The number of aromatic nitrogens is 1. The molecule has 82 valence electrons. The molecule has 1 atom stereocenters. The smallest absolute Gasteiger partial charge is 0.290 e. The predicted molar refractivity (Wildman–Crippen MR) is 54.6 cm³/mol. The van der Waals surface area contributed by atoms with Gasteiger partial charge in [0.25, 0.3) is 5.91 Å². The van der Waals surface area contributed by atoms with Crippen LogP contribution in [0.2, 0.25) is 0 Å². The minimum atomic E-state index is -0.177. The average Bonchev–Trinajstić information content (AvgIpc) is 2.66. The first-order valence-electron chi connectivity index (χ1n) is 5.20. The Morgan fingerprint density at radius 3 is 3.20 bits per heavy atom. The Balaban J connectivity index is 1.91. The first-order chi connectivity index (χ1) is 7.25. The zero-order chi connectivity index (χ0) is 10.7. The number of piperidine rings is 1. The van der Waals surface area contributed by atoms with Crippen LogP contribution in [0.4, 0.5) is 0 Å². The molecule has 1 aromatic rings. The van der Waals surface area contributed by atoms with Crippen LogP contribution in [0.25, 0.3) is 0 Å². The Morgan fingerprint density at radius 1 is 1.73 bits per heavy atom. The van der Waals surface area contributed by atoms with Crippen molar-refractivity contribution in [2.24, 2.45) is 0 Å². The highest BCUT2D eigenvalue weighted by atomic mass is 16.5. The Labute approximate surface area is 88.2 Å². The predicted octanol–water partition coefficient (Wildman–Crippen LogP) is 0.465. The average molecular weight is 209 g/mol. The lowest BCUT2D eigenvalue weighted by atomic mass is 10.1. The van der Waals surface area contributed by atoms with E-state index in [1.165, 1.54) is 0 Å². The molecule has 1 fully saturated rings. The summed E-state index contributed by atoms with van der Waals surface area (Å²) in [5.74, 6) is 0.113. The standard InChI is InChI=1S/C10H15N3O2/c1-7-5-9(15-13-7)10(14)12-8-3-2-4-11-6-8/h5,8,11H,2-4,6H2,1H3,(H,12,14). The normalized spacial score (nSPS) is 21.3. The first kappa shape index (κ1) is 10.2. The van der Waals surface area contributed by atoms with E-state index in [9.17, 15) is 4.79 Å². The molecule has 0 bridgehead atoms. The van der Waals surface area contributed by atoms with Crippen LogP contribution in [0.3, 0.4) is 0 Å². The van der Waals surface area contributed by atoms with Crippen LogP contribution in [-0.4, -0.2) is 30.2 Å². The van der Waals surface area contributed by atoms with Crippen LogP contribution in [0.15, 0.2) is 10.6 Å². The van der Waals surface area contributed by atoms with Gasteiger partial charge in [0.05, 0.1) is 5.69 Å². The van der Waals surface area contributed by atoms with Gasteiger partial charge in [0.1, 0.15) is 0 Å². The molecule has 1 aromatic heterocycles. The van der Waals surface area contributed by atoms with Crippen molar-refractivity contribution in [3.8, 4) is 0 Å². The lowest BCUT2D eigenvalue weighted by Crippen LogP contribution is -2.45. The molecule has 0 saturated carbocycles. The molecule has 5 heteroatoms. The van der Waals surface area contributed by atoms with Gasteiger partial charge in [-0.1, -0.05) is 5.16 Å². The molecule has 1 aliphatic rings. The molecule has 1 amide bonds. The number of hydrogen-bond acceptors (Lipinski definition) is 4. The van der Waals surface area contributed by atoms with Crippen LogP contribution < -0.4 is 10.6 Å². The number of nitrogens with one attached hydrogen (secondary N) is 2. The zero-order valence-corrected chi connectivity index (χ0v) is 8.75. The molecule has 5 nitrogen and oxygen atoms in total. The van der Waals surface area contributed by atoms with E-state index < -0.39 is 0 Å². The van der Waals surface area contributed by atoms with Crippen molar-refractivity contribution < 1.29 is 9.32 Å². The van der Waals surface area contributed by atoms with Crippen molar-refractivity contribution >= 4 is 5.91 Å². The molecule has 1 saturated heterocycles. The second-order valence-electron chi connectivity index (χ2n) is 3.85. The largest absolute Gasteiger partial charge is 0.351 e. The van der Waals surface area contributed by atoms with Crippen molar-refractivity contribution in [3.05, 3.63) is 17.5 Å². The molecule has 2 heterocycles. The Bertz CT molecular complexity index is 342. The van der Waals surface area contributed by atoms with Gasteiger partial charge in [0, 0.05) is 18.7 Å². The van der Waals surface area contributed by atoms with Gasteiger partial charge in [-0.15, -0.1) is 0 Å². The quantitative estimate of drug-likeness (QED) is 0.742. The summed E-state index contributed by atoms with van der Waals surface area (Å²) in [6.45, 7) is 3.66. The number of carbonyl (C=O) groups is 1. The Morgan fingerprint density at radius 2 is 2.60 bits per heavy atom.